The maximum absolute atomic E-state index is 13.2. The van der Waals surface area contributed by atoms with E-state index in [-0.39, 0.29) is 18.2 Å². The van der Waals surface area contributed by atoms with Crippen LogP contribution in [0.25, 0.3) is 0 Å². The van der Waals surface area contributed by atoms with Gasteiger partial charge in [0, 0.05) is 38.0 Å². The molecule has 1 fully saturated rings. The lowest BCUT2D eigenvalue weighted by molar-refractivity contribution is -0.132. The smallest absolute Gasteiger partial charge is 0.272 e. The van der Waals surface area contributed by atoms with Crippen LogP contribution in [0, 0.1) is 11.8 Å². The van der Waals surface area contributed by atoms with E-state index in [0.29, 0.717) is 38.6 Å². The summed E-state index contributed by atoms with van der Waals surface area (Å²) in [7, 11) is 1.67. The highest BCUT2D eigenvalue weighted by atomic mass is 16.5. The maximum atomic E-state index is 13.2. The summed E-state index contributed by atoms with van der Waals surface area (Å²) in [5.74, 6) is -1.04. The van der Waals surface area contributed by atoms with Crippen molar-refractivity contribution >= 4 is 29.2 Å². The van der Waals surface area contributed by atoms with Gasteiger partial charge in [-0.25, -0.2) is 4.99 Å². The molecule has 34 heavy (non-hydrogen) atoms. The van der Waals surface area contributed by atoms with Crippen LogP contribution in [-0.4, -0.2) is 68.0 Å². The Morgan fingerprint density at radius 3 is 2.50 bits per heavy atom. The van der Waals surface area contributed by atoms with Gasteiger partial charge in [-0.2, -0.15) is 0 Å². The van der Waals surface area contributed by atoms with Gasteiger partial charge in [0.15, 0.2) is 0 Å². The molecule has 1 unspecified atom stereocenters. The minimum atomic E-state index is -1.09. The molecule has 186 valence electrons. The second-order valence-corrected chi connectivity index (χ2v) is 8.78. The van der Waals surface area contributed by atoms with Gasteiger partial charge in [0.1, 0.15) is 5.84 Å². The number of amidine groups is 1. The molecule has 3 N–H and O–H groups in total. The predicted molar refractivity (Wildman–Crippen MR) is 133 cm³/mol. The van der Waals surface area contributed by atoms with E-state index in [9.17, 15) is 14.4 Å². The normalized spacial score (nSPS) is 18.7. The Balaban J connectivity index is 0.00000129. The van der Waals surface area contributed by atoms with E-state index in [4.69, 9.17) is 15.5 Å². The number of morpholine rings is 1. The lowest BCUT2D eigenvalue weighted by Crippen LogP contribution is -2.49. The van der Waals surface area contributed by atoms with E-state index < -0.39 is 23.9 Å². The number of allylic oxidation sites excluding steroid dienone is 1. The quantitative estimate of drug-likeness (QED) is 0.615. The number of fused-ring (bicyclic) bond motifs is 1. The first-order valence-electron chi connectivity index (χ1n) is 11.6. The van der Waals surface area contributed by atoms with E-state index in [2.05, 4.69) is 16.8 Å². The summed E-state index contributed by atoms with van der Waals surface area (Å²) >= 11 is 0. The van der Waals surface area contributed by atoms with Crippen LogP contribution in [-0.2, 0) is 19.1 Å². The fourth-order valence-electron chi connectivity index (χ4n) is 3.97. The molecular weight excluding hydrogens is 434 g/mol. The Morgan fingerprint density at radius 1 is 1.29 bits per heavy atom. The average molecular weight is 472 g/mol. The van der Waals surface area contributed by atoms with Crippen molar-refractivity contribution in [1.82, 2.24) is 10.2 Å². The van der Waals surface area contributed by atoms with E-state index in [1.165, 1.54) is 4.90 Å². The number of para-hydroxylation sites is 1. The number of rotatable bonds is 6. The standard InChI is InChI=1S/C22H31N5O4.C3H6/c1-14(2)12-15(13-18(23)28)21(29)25-19-22(30)26(3)17-7-5-4-6-16(17)20(24-19)27-8-10-31-11-9-27;1-3-2/h4-7,14-15,19H,8-13H2,1-3H3,(H2,23,28)(H,25,29);3H,1H2,2H3/t15-,19?;/m1./s1. The Bertz CT molecular complexity index is 908. The highest BCUT2D eigenvalue weighted by molar-refractivity contribution is 6.12. The van der Waals surface area contributed by atoms with Gasteiger partial charge in [-0.1, -0.05) is 32.1 Å². The molecule has 3 amide bonds. The number of nitrogens with one attached hydrogen (secondary N) is 1. The van der Waals surface area contributed by atoms with E-state index >= 15 is 0 Å². The first-order valence-corrected chi connectivity index (χ1v) is 11.6. The van der Waals surface area contributed by atoms with Crippen molar-refractivity contribution in [2.45, 2.75) is 39.8 Å². The van der Waals surface area contributed by atoms with Crippen molar-refractivity contribution in [2.24, 2.45) is 22.6 Å². The second-order valence-electron chi connectivity index (χ2n) is 8.78. The summed E-state index contributed by atoms with van der Waals surface area (Å²) in [6.45, 7) is 11.6. The van der Waals surface area contributed by atoms with E-state index in [1.807, 2.05) is 45.0 Å². The molecule has 9 nitrogen and oxygen atoms in total. The number of anilines is 1. The van der Waals surface area contributed by atoms with Crippen molar-refractivity contribution in [2.75, 3.05) is 38.3 Å². The number of nitrogens with zero attached hydrogens (tertiary/aromatic N) is 3. The molecule has 2 aliphatic heterocycles. The number of likely N-dealkylation sites (N-methyl/N-ethyl adjacent to an activating group) is 1. The van der Waals surface area contributed by atoms with Crippen LogP contribution in [0.3, 0.4) is 0 Å². The van der Waals surface area contributed by atoms with Crippen LogP contribution in [0.2, 0.25) is 0 Å². The van der Waals surface area contributed by atoms with Gasteiger partial charge >= 0.3 is 0 Å². The zero-order valence-electron chi connectivity index (χ0n) is 20.6. The number of benzodiazepines with no additional fused rings is 1. The minimum Gasteiger partial charge on any atom is -0.378 e. The molecule has 0 radical (unpaired) electrons. The Kier molecular flexibility index (Phi) is 10.2. The largest absolute Gasteiger partial charge is 0.378 e. The average Bonchev–Trinajstić information content (AvgIpc) is 2.90. The molecule has 0 saturated carbocycles. The predicted octanol–water partition coefficient (Wildman–Crippen LogP) is 1.91. The van der Waals surface area contributed by atoms with Gasteiger partial charge in [-0.15, -0.1) is 6.58 Å². The number of hydrogen-bond acceptors (Lipinski definition) is 6. The van der Waals surface area contributed by atoms with Gasteiger partial charge in [-0.3, -0.25) is 14.4 Å². The van der Waals surface area contributed by atoms with Gasteiger partial charge in [0.05, 0.1) is 18.9 Å². The summed E-state index contributed by atoms with van der Waals surface area (Å²) in [6.07, 6.45) is 1.08. The third-order valence-electron chi connectivity index (χ3n) is 5.49. The Labute approximate surface area is 202 Å². The molecule has 1 saturated heterocycles. The van der Waals surface area contributed by atoms with Gasteiger partial charge in [-0.05, 0) is 31.4 Å². The third kappa shape index (κ3) is 7.15. The molecule has 1 aromatic carbocycles. The number of amides is 3. The SMILES string of the molecule is C=CC.CC(C)C[C@H](CC(N)=O)C(=O)NC1N=C(N2CCOCC2)c2ccccc2N(C)C1=O. The molecule has 0 aromatic heterocycles. The molecule has 2 aliphatic rings. The molecule has 0 bridgehead atoms. The highest BCUT2D eigenvalue weighted by Gasteiger charge is 2.34. The van der Waals surface area contributed by atoms with Crippen molar-refractivity contribution in [1.29, 1.82) is 0 Å². The number of carbonyl (C=O) groups is 3. The summed E-state index contributed by atoms with van der Waals surface area (Å²) < 4.78 is 5.46. The Hall–Kier alpha value is -3.20. The number of ether oxygens (including phenoxy) is 1. The lowest BCUT2D eigenvalue weighted by Gasteiger charge is -2.30. The third-order valence-corrected chi connectivity index (χ3v) is 5.49. The monoisotopic (exact) mass is 471 g/mol. The van der Waals surface area contributed by atoms with Crippen LogP contribution in [0.4, 0.5) is 5.69 Å². The van der Waals surface area contributed by atoms with E-state index in [1.54, 1.807) is 13.1 Å². The lowest BCUT2D eigenvalue weighted by atomic mass is 9.93. The molecule has 1 aromatic rings. The zero-order chi connectivity index (χ0) is 25.3. The molecule has 0 aliphatic carbocycles. The van der Waals surface area contributed by atoms with Crippen LogP contribution >= 0.6 is 0 Å². The molecular formula is C25H37N5O4. The van der Waals surface area contributed by atoms with E-state index in [0.717, 1.165) is 11.3 Å². The fraction of sp³-hybridized carbons (Fsp3) is 0.520. The first kappa shape index (κ1) is 27.0. The number of benzene rings is 1. The summed E-state index contributed by atoms with van der Waals surface area (Å²) in [5, 5.41) is 2.77. The molecule has 9 heteroatoms. The number of hydrogen-bond donors (Lipinski definition) is 2. The van der Waals surface area contributed by atoms with Crippen LogP contribution in [0.15, 0.2) is 41.9 Å². The topological polar surface area (TPSA) is 117 Å². The summed E-state index contributed by atoms with van der Waals surface area (Å²) in [4.78, 5) is 46.0. The van der Waals surface area contributed by atoms with Crippen molar-refractivity contribution in [3.8, 4) is 0 Å². The molecule has 0 spiro atoms. The summed E-state index contributed by atoms with van der Waals surface area (Å²) in [5.41, 5.74) is 6.91. The highest BCUT2D eigenvalue weighted by Crippen LogP contribution is 2.26. The summed E-state index contributed by atoms with van der Waals surface area (Å²) in [6, 6.07) is 7.55. The maximum Gasteiger partial charge on any atom is 0.272 e. The van der Waals surface area contributed by atoms with Crippen molar-refractivity contribution in [3.63, 3.8) is 0 Å². The number of nitrogens with two attached hydrogens (primary N) is 1. The first-order chi connectivity index (χ1) is 16.2. The van der Waals surface area contributed by atoms with Crippen molar-refractivity contribution in [3.05, 3.63) is 42.5 Å². The van der Waals surface area contributed by atoms with Gasteiger partial charge < -0.3 is 25.6 Å². The van der Waals surface area contributed by atoms with Crippen LogP contribution in [0.1, 0.15) is 39.2 Å². The van der Waals surface area contributed by atoms with Crippen LogP contribution in [0.5, 0.6) is 0 Å². The second kappa shape index (κ2) is 12.9. The van der Waals surface area contributed by atoms with Gasteiger partial charge in [0.25, 0.3) is 5.91 Å². The number of primary amides is 1. The molecule has 2 atom stereocenters. The number of carbonyl (C=O) groups excluding carboxylic acids is 3. The molecule has 3 rings (SSSR count). The van der Waals surface area contributed by atoms with Gasteiger partial charge in [0.2, 0.25) is 18.0 Å². The fourth-order valence-corrected chi connectivity index (χ4v) is 3.97. The minimum absolute atomic E-state index is 0.0684. The molecule has 2 heterocycles. The number of aliphatic imine (C=N–C) groups is 1. The van der Waals surface area contributed by atoms with Crippen LogP contribution < -0.4 is 16.0 Å². The zero-order valence-corrected chi connectivity index (χ0v) is 20.6. The van der Waals surface area contributed by atoms with Crippen molar-refractivity contribution < 1.29 is 19.1 Å². The Morgan fingerprint density at radius 2 is 1.91 bits per heavy atom.